The first kappa shape index (κ1) is 34.4. The highest BCUT2D eigenvalue weighted by Crippen LogP contribution is 2.76. The summed E-state index contributed by atoms with van der Waals surface area (Å²) in [4.78, 5) is 70.0. The largest absolute Gasteiger partial charge is 0.461 e. The molecule has 8 aliphatic rings. The molecule has 51 heavy (non-hydrogen) atoms. The zero-order chi connectivity index (χ0) is 36.5. The monoisotopic (exact) mass is 706 g/mol. The Labute approximate surface area is 298 Å². The molecule has 3 saturated heterocycles. The van der Waals surface area contributed by atoms with Gasteiger partial charge in [0.05, 0.1) is 17.6 Å². The third-order valence-corrected chi connectivity index (χ3v) is 13.6. The van der Waals surface area contributed by atoms with Gasteiger partial charge in [-0.2, -0.15) is 0 Å². The van der Waals surface area contributed by atoms with E-state index in [9.17, 15) is 29.1 Å². The number of carbonyl (C=O) groups is 5. The van der Waals surface area contributed by atoms with Crippen molar-refractivity contribution in [2.75, 3.05) is 6.54 Å². The summed E-state index contributed by atoms with van der Waals surface area (Å²) < 4.78 is 23.5. The maximum absolute atomic E-state index is 14.9. The Morgan fingerprint density at radius 2 is 1.57 bits per heavy atom. The van der Waals surface area contributed by atoms with Crippen LogP contribution in [0.5, 0.6) is 0 Å². The summed E-state index contributed by atoms with van der Waals surface area (Å²) in [6, 6.07) is 6.40. The lowest BCUT2D eigenvalue weighted by Gasteiger charge is -2.55. The molecule has 0 radical (unpaired) electrons. The molecule has 2 spiro atoms. The second kappa shape index (κ2) is 11.2. The molecule has 0 unspecified atom stereocenters. The molecule has 276 valence electrons. The van der Waals surface area contributed by atoms with E-state index < -0.39 is 75.8 Å². The summed E-state index contributed by atoms with van der Waals surface area (Å²) in [5, 5.41) is 15.7. The van der Waals surface area contributed by atoms with Crippen molar-refractivity contribution in [3.8, 4) is 0 Å². The number of hydrogen-bond acceptors (Lipinski definition) is 10. The molecule has 5 saturated carbocycles. The van der Waals surface area contributed by atoms with Crippen LogP contribution < -0.4 is 5.32 Å². The van der Waals surface area contributed by atoms with Crippen LogP contribution in [-0.2, 0) is 39.9 Å². The first-order valence-electron chi connectivity index (χ1n) is 18.6. The number of rotatable bonds is 6. The van der Waals surface area contributed by atoms with E-state index in [1.165, 1.54) is 18.6 Å². The number of nitrogens with one attached hydrogen (secondary N) is 1. The summed E-state index contributed by atoms with van der Waals surface area (Å²) in [7, 11) is 0. The summed E-state index contributed by atoms with van der Waals surface area (Å²) in [6.45, 7) is 11.3. The molecule has 2 N–H and O–H groups in total. The van der Waals surface area contributed by atoms with Gasteiger partial charge < -0.3 is 34.3 Å². The van der Waals surface area contributed by atoms with Crippen LogP contribution in [0.3, 0.4) is 0 Å². The predicted octanol–water partition coefficient (Wildman–Crippen LogP) is 4.50. The quantitative estimate of drug-likeness (QED) is 0.319. The van der Waals surface area contributed by atoms with Crippen LogP contribution in [0, 0.1) is 45.8 Å². The van der Waals surface area contributed by atoms with Crippen LogP contribution >= 0.6 is 0 Å². The van der Waals surface area contributed by atoms with Crippen LogP contribution in [0.1, 0.15) is 102 Å². The molecule has 6 atom stereocenters. The van der Waals surface area contributed by atoms with E-state index in [2.05, 4.69) is 5.32 Å². The van der Waals surface area contributed by atoms with Gasteiger partial charge in [-0.3, -0.25) is 14.4 Å². The zero-order valence-electron chi connectivity index (χ0n) is 30.4. The van der Waals surface area contributed by atoms with Crippen molar-refractivity contribution in [2.45, 2.75) is 123 Å². The van der Waals surface area contributed by atoms with Gasteiger partial charge in [0.2, 0.25) is 0 Å². The second-order valence-corrected chi connectivity index (χ2v) is 18.5. The fraction of sp³-hybridized carbons (Fsp3) is 0.718. The first-order chi connectivity index (χ1) is 23.9. The molecule has 1 aromatic carbocycles. The number of ether oxygens (including phenoxy) is 4. The summed E-state index contributed by atoms with van der Waals surface area (Å²) >= 11 is 0. The Bertz CT molecular complexity index is 1650. The van der Waals surface area contributed by atoms with Gasteiger partial charge >= 0.3 is 24.0 Å². The van der Waals surface area contributed by atoms with E-state index in [-0.39, 0.29) is 30.9 Å². The van der Waals surface area contributed by atoms with E-state index in [0.29, 0.717) is 35.8 Å². The predicted molar refractivity (Wildman–Crippen MR) is 179 cm³/mol. The third-order valence-electron chi connectivity index (χ3n) is 13.6. The van der Waals surface area contributed by atoms with Crippen LogP contribution in [0.2, 0.25) is 0 Å². The maximum atomic E-state index is 14.9. The van der Waals surface area contributed by atoms with E-state index in [4.69, 9.17) is 18.9 Å². The van der Waals surface area contributed by atoms with Crippen LogP contribution in [0.25, 0.3) is 0 Å². The number of likely N-dealkylation sites (tertiary alicyclic amines) is 1. The number of hydrogen-bond donors (Lipinski definition) is 2. The van der Waals surface area contributed by atoms with Gasteiger partial charge in [0.1, 0.15) is 22.5 Å². The molecule has 1 aromatic rings. The minimum absolute atomic E-state index is 0.0968. The van der Waals surface area contributed by atoms with Gasteiger partial charge in [-0.15, -0.1) is 0 Å². The lowest BCUT2D eigenvalue weighted by atomic mass is 9.51. The van der Waals surface area contributed by atoms with Crippen molar-refractivity contribution in [3.05, 3.63) is 35.4 Å². The van der Waals surface area contributed by atoms with Gasteiger partial charge in [0, 0.05) is 19.5 Å². The number of esters is 3. The third kappa shape index (κ3) is 4.83. The lowest BCUT2D eigenvalue weighted by Crippen LogP contribution is -2.66. The molecule has 9 rings (SSSR count). The first-order valence-corrected chi connectivity index (χ1v) is 18.6. The molecular formula is C39H50N2O10. The number of amides is 2. The standard InChI is InChI=1S/C39H50N2O10/c1-35(2,3)38(47)16-27-37(17-28(42)48-27)33(45)50-32-39(37,38)29(30(43)41(32)19-26-24-12-21-11-22(14-24)15-25(26)13-21)49-31(44)23-9-7-20(8-10-23)18-40-34(46)51-36(4,5)6/h7-10,21-22,24-27,29,32,47H,11-19H2,1-6H3,(H,40,46)/t21?,22?,24?,25?,26?,27-,29-,32-,37-,38+,39+/m0/s1. The molecule has 12 heteroatoms. The highest BCUT2D eigenvalue weighted by Gasteiger charge is 2.93. The molecular weight excluding hydrogens is 656 g/mol. The highest BCUT2D eigenvalue weighted by molar-refractivity contribution is 5.99. The number of benzene rings is 1. The molecule has 12 nitrogen and oxygen atoms in total. The maximum Gasteiger partial charge on any atom is 0.407 e. The van der Waals surface area contributed by atoms with Gasteiger partial charge in [-0.1, -0.05) is 32.9 Å². The summed E-state index contributed by atoms with van der Waals surface area (Å²) in [5.74, 6) is -0.104. The topological polar surface area (TPSA) is 158 Å². The number of carbonyl (C=O) groups excluding carboxylic acids is 5. The average Bonchev–Trinajstić information content (AvgIpc) is 3.64. The van der Waals surface area contributed by atoms with Crippen molar-refractivity contribution < 1.29 is 48.0 Å². The minimum atomic E-state index is -1.81. The Hall–Kier alpha value is -3.67. The van der Waals surface area contributed by atoms with Crippen molar-refractivity contribution >= 4 is 29.9 Å². The summed E-state index contributed by atoms with van der Waals surface area (Å²) in [6.07, 6.45) is 0.824. The fourth-order valence-corrected chi connectivity index (χ4v) is 11.8. The number of alkyl carbamates (subject to hydrolysis) is 1. The van der Waals surface area contributed by atoms with Crippen LogP contribution in [-0.4, -0.2) is 76.1 Å². The normalized spacial score (nSPS) is 40.5. The SMILES string of the molecule is CC(C)(C)OC(=O)NCc1ccc(C(=O)O[C@H]2C(=O)N(CC3C4CC5CC(C4)CC3C5)[C@H]3OC(=O)[C@]45CC(=O)O[C@H]4C[C@@](O)(C(C)(C)C)[C@@]325)cc1. The van der Waals surface area contributed by atoms with Crippen molar-refractivity contribution in [3.63, 3.8) is 0 Å². The Morgan fingerprint density at radius 1 is 0.941 bits per heavy atom. The smallest absolute Gasteiger partial charge is 0.407 e. The van der Waals surface area contributed by atoms with Crippen molar-refractivity contribution in [1.82, 2.24) is 10.2 Å². The summed E-state index contributed by atoms with van der Waals surface area (Å²) in [5.41, 5.74) is -6.08. The van der Waals surface area contributed by atoms with Gasteiger partial charge in [-0.05, 0) is 106 Å². The van der Waals surface area contributed by atoms with E-state index in [1.54, 1.807) is 37.8 Å². The van der Waals surface area contributed by atoms with Gasteiger partial charge in [0.25, 0.3) is 5.91 Å². The van der Waals surface area contributed by atoms with Crippen molar-refractivity contribution in [1.29, 1.82) is 0 Å². The Morgan fingerprint density at radius 3 is 2.16 bits per heavy atom. The fourth-order valence-electron chi connectivity index (χ4n) is 11.8. The number of aliphatic hydroxyl groups is 1. The average molecular weight is 707 g/mol. The van der Waals surface area contributed by atoms with Crippen molar-refractivity contribution in [2.24, 2.45) is 45.8 Å². The Balaban J connectivity index is 1.14. The molecule has 4 bridgehead atoms. The molecule has 8 fully saturated rings. The minimum Gasteiger partial charge on any atom is -0.461 e. The van der Waals surface area contributed by atoms with Crippen LogP contribution in [0.4, 0.5) is 4.79 Å². The highest BCUT2D eigenvalue weighted by atomic mass is 16.6. The number of nitrogens with zero attached hydrogens (tertiary/aromatic N) is 1. The van der Waals surface area contributed by atoms with Gasteiger partial charge in [-0.25, -0.2) is 9.59 Å². The zero-order valence-corrected chi connectivity index (χ0v) is 30.4. The lowest BCUT2D eigenvalue weighted by molar-refractivity contribution is -0.213. The molecule has 3 heterocycles. The molecule has 3 aliphatic heterocycles. The molecule has 5 aliphatic carbocycles. The molecule has 0 aromatic heterocycles. The second-order valence-electron chi connectivity index (χ2n) is 18.5. The van der Waals surface area contributed by atoms with Gasteiger partial charge in [0.15, 0.2) is 12.3 Å². The Kier molecular flexibility index (Phi) is 7.54. The van der Waals surface area contributed by atoms with Crippen LogP contribution in [0.15, 0.2) is 24.3 Å². The van der Waals surface area contributed by atoms with E-state index in [1.807, 2.05) is 20.8 Å². The van der Waals surface area contributed by atoms with E-state index in [0.717, 1.165) is 25.7 Å². The van der Waals surface area contributed by atoms with E-state index >= 15 is 0 Å². The molecule has 2 amide bonds.